The smallest absolute Gasteiger partial charge is 0.268 e. The molecule has 0 saturated carbocycles. The van der Waals surface area contributed by atoms with Gasteiger partial charge in [0.2, 0.25) is 5.91 Å². The Hall–Kier alpha value is -2.80. The molecule has 2 aromatic carbocycles. The van der Waals surface area contributed by atoms with Crippen molar-refractivity contribution in [3.63, 3.8) is 0 Å². The van der Waals surface area contributed by atoms with Crippen molar-refractivity contribution in [2.75, 3.05) is 18.4 Å². The number of amides is 2. The SMILES string of the molecule is O=C(Nc1ccc(Cl)cc1)C1CN(C(=O)C2=Nc3ccccc3C2)CC(F)(F)C1. The zero-order valence-electron chi connectivity index (χ0n) is 15.4. The number of piperidine rings is 1. The fourth-order valence-electron chi connectivity index (χ4n) is 3.65. The number of carbonyl (C=O) groups excluding carboxylic acids is 2. The average molecular weight is 418 g/mol. The first-order valence-electron chi connectivity index (χ1n) is 9.20. The Kier molecular flexibility index (Phi) is 5.08. The van der Waals surface area contributed by atoms with Crippen molar-refractivity contribution < 1.29 is 18.4 Å². The van der Waals surface area contributed by atoms with Gasteiger partial charge in [0.05, 0.1) is 18.2 Å². The number of nitrogens with one attached hydrogen (secondary N) is 1. The number of likely N-dealkylation sites (tertiary alicyclic amines) is 1. The van der Waals surface area contributed by atoms with Gasteiger partial charge in [0.15, 0.2) is 0 Å². The van der Waals surface area contributed by atoms with E-state index in [4.69, 9.17) is 11.6 Å². The Labute approximate surface area is 171 Å². The normalized spacial score (nSPS) is 20.0. The van der Waals surface area contributed by atoms with Crippen LogP contribution in [-0.4, -0.2) is 41.4 Å². The van der Waals surface area contributed by atoms with E-state index >= 15 is 0 Å². The van der Waals surface area contributed by atoms with E-state index in [-0.39, 0.29) is 12.3 Å². The summed E-state index contributed by atoms with van der Waals surface area (Å²) in [5.74, 6) is -5.28. The minimum Gasteiger partial charge on any atom is -0.331 e. The number of aliphatic imine (C=N–C) groups is 1. The molecular weight excluding hydrogens is 400 g/mol. The molecule has 0 bridgehead atoms. The van der Waals surface area contributed by atoms with Gasteiger partial charge in [-0.05, 0) is 35.9 Å². The van der Waals surface area contributed by atoms with Crippen LogP contribution in [0, 0.1) is 5.92 Å². The summed E-state index contributed by atoms with van der Waals surface area (Å²) in [7, 11) is 0. The highest BCUT2D eigenvalue weighted by Crippen LogP contribution is 2.33. The number of para-hydroxylation sites is 1. The van der Waals surface area contributed by atoms with Crippen LogP contribution in [0.1, 0.15) is 12.0 Å². The lowest BCUT2D eigenvalue weighted by Crippen LogP contribution is -2.53. The first-order valence-corrected chi connectivity index (χ1v) is 9.57. The number of benzene rings is 2. The van der Waals surface area contributed by atoms with Crippen molar-refractivity contribution in [2.24, 2.45) is 10.9 Å². The van der Waals surface area contributed by atoms with Crippen LogP contribution in [0.5, 0.6) is 0 Å². The molecule has 5 nitrogen and oxygen atoms in total. The standard InChI is InChI=1S/C21H18ClF2N3O2/c22-15-5-7-16(8-6-15)25-19(28)14-10-21(23,24)12-27(11-14)20(29)18-9-13-3-1-2-4-17(13)26-18/h1-8,14H,9-12H2,(H,25,28). The van der Waals surface area contributed by atoms with Crippen molar-refractivity contribution in [1.82, 2.24) is 4.90 Å². The van der Waals surface area contributed by atoms with Gasteiger partial charge in [-0.25, -0.2) is 13.8 Å². The molecule has 1 atom stereocenters. The van der Waals surface area contributed by atoms with Gasteiger partial charge in [-0.3, -0.25) is 9.59 Å². The molecule has 2 aromatic rings. The second-order valence-corrected chi connectivity index (χ2v) is 7.74. The van der Waals surface area contributed by atoms with Crippen LogP contribution < -0.4 is 5.32 Å². The van der Waals surface area contributed by atoms with Crippen LogP contribution in [0.3, 0.4) is 0 Å². The second kappa shape index (κ2) is 7.55. The number of alkyl halides is 2. The number of carbonyl (C=O) groups is 2. The van der Waals surface area contributed by atoms with Gasteiger partial charge in [0, 0.05) is 30.1 Å². The third-order valence-corrected chi connectivity index (χ3v) is 5.28. The van der Waals surface area contributed by atoms with E-state index in [0.29, 0.717) is 22.8 Å². The van der Waals surface area contributed by atoms with Crippen molar-refractivity contribution in [2.45, 2.75) is 18.8 Å². The van der Waals surface area contributed by atoms with E-state index < -0.39 is 36.6 Å². The van der Waals surface area contributed by atoms with Crippen LogP contribution >= 0.6 is 11.6 Å². The maximum Gasteiger partial charge on any atom is 0.268 e. The molecule has 0 spiro atoms. The van der Waals surface area contributed by atoms with Crippen molar-refractivity contribution in [3.05, 3.63) is 59.1 Å². The molecule has 1 unspecified atom stereocenters. The van der Waals surface area contributed by atoms with E-state index in [1.165, 1.54) is 0 Å². The van der Waals surface area contributed by atoms with Gasteiger partial charge in [-0.1, -0.05) is 29.8 Å². The quantitative estimate of drug-likeness (QED) is 0.817. The lowest BCUT2D eigenvalue weighted by atomic mass is 9.93. The highest BCUT2D eigenvalue weighted by atomic mass is 35.5. The molecule has 0 radical (unpaired) electrons. The molecule has 150 valence electrons. The molecule has 0 aromatic heterocycles. The topological polar surface area (TPSA) is 61.8 Å². The van der Waals surface area contributed by atoms with Crippen molar-refractivity contribution in [3.8, 4) is 0 Å². The number of rotatable bonds is 3. The molecule has 29 heavy (non-hydrogen) atoms. The van der Waals surface area contributed by atoms with Gasteiger partial charge >= 0.3 is 0 Å². The number of hydrogen-bond donors (Lipinski definition) is 1. The molecule has 2 aliphatic heterocycles. The van der Waals surface area contributed by atoms with Gasteiger partial charge in [0.25, 0.3) is 11.8 Å². The molecule has 2 amide bonds. The zero-order chi connectivity index (χ0) is 20.6. The van der Waals surface area contributed by atoms with E-state index in [2.05, 4.69) is 10.3 Å². The highest BCUT2D eigenvalue weighted by Gasteiger charge is 2.45. The van der Waals surface area contributed by atoms with E-state index in [0.717, 1.165) is 10.5 Å². The number of fused-ring (bicyclic) bond motifs is 1. The third kappa shape index (κ3) is 4.29. The fraction of sp³-hybridized carbons (Fsp3) is 0.286. The Bertz CT molecular complexity index is 992. The predicted octanol–water partition coefficient (Wildman–Crippen LogP) is 4.09. The largest absolute Gasteiger partial charge is 0.331 e. The summed E-state index contributed by atoms with van der Waals surface area (Å²) in [5.41, 5.74) is 2.25. The summed E-state index contributed by atoms with van der Waals surface area (Å²) in [5, 5.41) is 3.12. The van der Waals surface area contributed by atoms with Crippen molar-refractivity contribution in [1.29, 1.82) is 0 Å². The van der Waals surface area contributed by atoms with Crippen LogP contribution in [0.25, 0.3) is 0 Å². The Morgan fingerprint density at radius 2 is 1.86 bits per heavy atom. The van der Waals surface area contributed by atoms with Crippen LogP contribution in [0.2, 0.25) is 5.02 Å². The molecular formula is C21H18ClF2N3O2. The Balaban J connectivity index is 1.48. The Morgan fingerprint density at radius 3 is 2.59 bits per heavy atom. The predicted molar refractivity (Wildman–Crippen MR) is 107 cm³/mol. The van der Waals surface area contributed by atoms with E-state index in [9.17, 15) is 18.4 Å². The highest BCUT2D eigenvalue weighted by molar-refractivity contribution is 6.40. The lowest BCUT2D eigenvalue weighted by molar-refractivity contribution is -0.144. The molecule has 8 heteroatoms. The minimum absolute atomic E-state index is 0.0801. The molecule has 1 fully saturated rings. The summed E-state index contributed by atoms with van der Waals surface area (Å²) >= 11 is 5.82. The zero-order valence-corrected chi connectivity index (χ0v) is 16.1. The molecule has 4 rings (SSSR count). The van der Waals surface area contributed by atoms with Crippen LogP contribution in [-0.2, 0) is 16.0 Å². The summed E-state index contributed by atoms with van der Waals surface area (Å²) in [6.07, 6.45) is -0.304. The van der Waals surface area contributed by atoms with Crippen LogP contribution in [0.4, 0.5) is 20.2 Å². The third-order valence-electron chi connectivity index (χ3n) is 5.03. The summed E-state index contributed by atoms with van der Waals surface area (Å²) < 4.78 is 28.7. The minimum atomic E-state index is -3.15. The number of halogens is 3. The number of nitrogens with zero attached hydrogens (tertiary/aromatic N) is 2. The summed E-state index contributed by atoms with van der Waals surface area (Å²) in [6.45, 7) is -0.796. The molecule has 1 N–H and O–H groups in total. The molecule has 2 aliphatic rings. The number of hydrogen-bond acceptors (Lipinski definition) is 3. The molecule has 0 aliphatic carbocycles. The van der Waals surface area contributed by atoms with Crippen molar-refractivity contribution >= 4 is 40.5 Å². The Morgan fingerprint density at radius 1 is 1.14 bits per heavy atom. The van der Waals surface area contributed by atoms with Gasteiger partial charge in [0.1, 0.15) is 5.71 Å². The van der Waals surface area contributed by atoms with E-state index in [1.807, 2.05) is 18.2 Å². The maximum atomic E-state index is 14.3. The molecule has 1 saturated heterocycles. The van der Waals surface area contributed by atoms with Gasteiger partial charge in [-0.2, -0.15) is 0 Å². The molecule has 2 heterocycles. The summed E-state index contributed by atoms with van der Waals surface area (Å²) in [4.78, 5) is 30.7. The van der Waals surface area contributed by atoms with Gasteiger partial charge < -0.3 is 10.2 Å². The average Bonchev–Trinajstić information content (AvgIpc) is 3.12. The lowest BCUT2D eigenvalue weighted by Gasteiger charge is -2.36. The maximum absolute atomic E-state index is 14.3. The van der Waals surface area contributed by atoms with Gasteiger partial charge in [-0.15, -0.1) is 0 Å². The monoisotopic (exact) mass is 417 g/mol. The van der Waals surface area contributed by atoms with Crippen LogP contribution in [0.15, 0.2) is 53.5 Å². The van der Waals surface area contributed by atoms with E-state index in [1.54, 1.807) is 30.3 Å². The summed E-state index contributed by atoms with van der Waals surface area (Å²) in [6, 6.07) is 13.7. The number of anilines is 1. The fourth-order valence-corrected chi connectivity index (χ4v) is 3.77. The first kappa shape index (κ1) is 19.5. The second-order valence-electron chi connectivity index (χ2n) is 7.30. The first-order chi connectivity index (χ1) is 13.8.